The topological polar surface area (TPSA) is 13.1 Å². The second-order valence-corrected chi connectivity index (χ2v) is 3.97. The molecule has 0 aliphatic heterocycles. The maximum atomic E-state index is 7.95. The summed E-state index contributed by atoms with van der Waals surface area (Å²) in [5.41, 5.74) is 0. The zero-order valence-corrected chi connectivity index (χ0v) is 8.89. The van der Waals surface area contributed by atoms with E-state index >= 15 is 0 Å². The number of pyridine rings is 1. The van der Waals surface area contributed by atoms with Crippen molar-refractivity contribution < 1.29 is 12.0 Å². The molecule has 80 valence electrons. The molecule has 2 nitrogen and oxygen atoms in total. The van der Waals surface area contributed by atoms with Crippen molar-refractivity contribution in [2.75, 3.05) is 0 Å². The minimum atomic E-state index is 0.343. The van der Waals surface area contributed by atoms with Crippen LogP contribution in [0.4, 0.5) is 0 Å². The van der Waals surface area contributed by atoms with E-state index in [0.29, 0.717) is 24.1 Å². The fourth-order valence-electron chi connectivity index (χ4n) is 1.57. The van der Waals surface area contributed by atoms with Gasteiger partial charge < -0.3 is 4.74 Å². The van der Waals surface area contributed by atoms with Gasteiger partial charge in [-0.15, -0.1) is 0 Å². The van der Waals surface area contributed by atoms with Gasteiger partial charge in [-0.1, -0.05) is 18.2 Å². The number of nitrogens with zero attached hydrogens (tertiary/aromatic N) is 1. The van der Waals surface area contributed by atoms with Gasteiger partial charge in [0.2, 0.25) is 0 Å². The molecule has 1 aliphatic carbocycles. The van der Waals surface area contributed by atoms with Gasteiger partial charge in [-0.25, -0.2) is 4.57 Å². The fraction of sp³-hybridized carbons (Fsp3) is 0.214. The lowest BCUT2D eigenvalue weighted by Crippen LogP contribution is -2.30. The molecule has 1 fully saturated rings. The number of rotatable bonds is 3. The molecule has 0 saturated heterocycles. The minimum Gasteiger partial charge on any atom is -0.457 e. The largest absolute Gasteiger partial charge is 0.457 e. The first-order valence-corrected chi connectivity index (χ1v) is 5.50. The molecule has 0 unspecified atom stereocenters. The zero-order valence-electron chi connectivity index (χ0n) is 10.9. The number of hydrogen-bond donors (Lipinski definition) is 0. The normalized spacial score (nSPS) is 16.5. The van der Waals surface area contributed by atoms with Crippen LogP contribution in [0.15, 0.2) is 54.8 Å². The number of hydrogen-bond acceptors (Lipinski definition) is 1. The smallest absolute Gasteiger partial charge is 0.172 e. The molecule has 1 aromatic heterocycles. The van der Waals surface area contributed by atoms with Gasteiger partial charge >= 0.3 is 0 Å². The molecule has 0 amide bonds. The molecule has 0 N–H and O–H groups in total. The number of para-hydroxylation sites is 1. The fourth-order valence-corrected chi connectivity index (χ4v) is 1.57. The van der Waals surface area contributed by atoms with Crippen molar-refractivity contribution in [3.63, 3.8) is 0 Å². The van der Waals surface area contributed by atoms with Gasteiger partial charge in [0.15, 0.2) is 18.4 Å². The van der Waals surface area contributed by atoms with Gasteiger partial charge in [0.1, 0.15) is 14.2 Å². The van der Waals surface area contributed by atoms with Crippen LogP contribution in [0.5, 0.6) is 11.5 Å². The second-order valence-electron chi connectivity index (χ2n) is 3.97. The standard InChI is InChI=1S/C14H14NO/c1-2-4-13(5-3-1)16-14-8-10-15(11-9-14)12-6-7-12/h1-5,8-12H,6-7H2/q+1/i10D,11D. The van der Waals surface area contributed by atoms with Crippen LogP contribution < -0.4 is 9.30 Å². The van der Waals surface area contributed by atoms with Crippen molar-refractivity contribution in [3.05, 3.63) is 54.8 Å². The van der Waals surface area contributed by atoms with Crippen LogP contribution in [-0.4, -0.2) is 0 Å². The molecule has 0 spiro atoms. The van der Waals surface area contributed by atoms with Crippen LogP contribution in [0.1, 0.15) is 21.6 Å². The molecule has 1 aromatic carbocycles. The lowest BCUT2D eigenvalue weighted by atomic mass is 10.3. The predicted octanol–water partition coefficient (Wildman–Crippen LogP) is 3.10. The summed E-state index contributed by atoms with van der Waals surface area (Å²) < 4.78 is 23.3. The summed E-state index contributed by atoms with van der Waals surface area (Å²) >= 11 is 0. The molecule has 0 bridgehead atoms. The summed E-state index contributed by atoms with van der Waals surface area (Å²) in [6.07, 6.45) is 2.83. The van der Waals surface area contributed by atoms with E-state index < -0.39 is 0 Å². The van der Waals surface area contributed by atoms with Gasteiger partial charge in [-0.05, 0) is 12.1 Å². The van der Waals surface area contributed by atoms with E-state index in [1.807, 2.05) is 30.3 Å². The molecule has 2 aromatic rings. The van der Waals surface area contributed by atoms with Crippen molar-refractivity contribution >= 4 is 0 Å². The van der Waals surface area contributed by atoms with E-state index in [0.717, 1.165) is 18.6 Å². The first-order chi connectivity index (χ1) is 8.74. The van der Waals surface area contributed by atoms with E-state index in [9.17, 15) is 0 Å². The molecule has 0 radical (unpaired) electrons. The Morgan fingerprint density at radius 1 is 1.00 bits per heavy atom. The highest BCUT2D eigenvalue weighted by molar-refractivity contribution is 5.28. The SMILES string of the molecule is [2H]c1cc(Oc2ccccc2)cc([2H])[n+]1C1CC1. The quantitative estimate of drug-likeness (QED) is 0.715. The molecule has 16 heavy (non-hydrogen) atoms. The highest BCUT2D eigenvalue weighted by atomic mass is 16.5. The van der Waals surface area contributed by atoms with Crippen LogP contribution in [0.3, 0.4) is 0 Å². The molecule has 1 saturated carbocycles. The van der Waals surface area contributed by atoms with Crippen molar-refractivity contribution in [1.82, 2.24) is 0 Å². The monoisotopic (exact) mass is 214 g/mol. The van der Waals surface area contributed by atoms with Crippen molar-refractivity contribution in [3.8, 4) is 11.5 Å². The Balaban J connectivity index is 1.89. The van der Waals surface area contributed by atoms with E-state index in [4.69, 9.17) is 7.48 Å². The maximum Gasteiger partial charge on any atom is 0.172 e. The van der Waals surface area contributed by atoms with Crippen molar-refractivity contribution in [1.29, 1.82) is 0 Å². The number of aromatic nitrogens is 1. The third-order valence-electron chi connectivity index (χ3n) is 2.58. The molecule has 3 rings (SSSR count). The van der Waals surface area contributed by atoms with Crippen LogP contribution in [0.25, 0.3) is 0 Å². The first-order valence-electron chi connectivity index (χ1n) is 6.50. The Morgan fingerprint density at radius 3 is 2.25 bits per heavy atom. The zero-order chi connectivity index (χ0) is 12.5. The third kappa shape index (κ3) is 2.06. The average molecular weight is 214 g/mol. The van der Waals surface area contributed by atoms with Crippen LogP contribution in [0.2, 0.25) is 0 Å². The predicted molar refractivity (Wildman–Crippen MR) is 61.4 cm³/mol. The van der Waals surface area contributed by atoms with Crippen molar-refractivity contribution in [2.24, 2.45) is 0 Å². The highest BCUT2D eigenvalue weighted by Gasteiger charge is 2.30. The molecule has 1 aliphatic rings. The van der Waals surface area contributed by atoms with E-state index in [1.165, 1.54) is 0 Å². The highest BCUT2D eigenvalue weighted by Crippen LogP contribution is 2.29. The van der Waals surface area contributed by atoms with Crippen molar-refractivity contribution in [2.45, 2.75) is 18.9 Å². The lowest BCUT2D eigenvalue weighted by Gasteiger charge is -2.03. The number of ether oxygens (including phenoxy) is 1. The minimum absolute atomic E-state index is 0.343. The Bertz CT molecular complexity index is 544. The lowest BCUT2D eigenvalue weighted by molar-refractivity contribution is -0.700. The second kappa shape index (κ2) is 3.97. The van der Waals surface area contributed by atoms with Gasteiger partial charge in [-0.3, -0.25) is 0 Å². The van der Waals surface area contributed by atoms with E-state index in [-0.39, 0.29) is 0 Å². The molecule has 2 heteroatoms. The van der Waals surface area contributed by atoms with Crippen LogP contribution >= 0.6 is 0 Å². The summed E-state index contributed by atoms with van der Waals surface area (Å²) in [7, 11) is 0. The maximum absolute atomic E-state index is 7.95. The summed E-state index contributed by atoms with van der Waals surface area (Å²) in [5.74, 6) is 1.27. The summed E-state index contributed by atoms with van der Waals surface area (Å²) in [4.78, 5) is 0. The van der Waals surface area contributed by atoms with E-state index in [2.05, 4.69) is 0 Å². The molecular weight excluding hydrogens is 198 g/mol. The van der Waals surface area contributed by atoms with Gasteiger partial charge in [0, 0.05) is 25.0 Å². The summed E-state index contributed by atoms with van der Waals surface area (Å²) in [5, 5.41) is 0. The third-order valence-corrected chi connectivity index (χ3v) is 2.58. The van der Waals surface area contributed by atoms with Gasteiger partial charge in [0.05, 0.1) is 0 Å². The number of benzene rings is 1. The molecular formula is C14H14NO+. The summed E-state index contributed by atoms with van der Waals surface area (Å²) in [6, 6.07) is 13.1. The van der Waals surface area contributed by atoms with E-state index in [1.54, 1.807) is 16.7 Å². The van der Waals surface area contributed by atoms with Gasteiger partial charge in [0.25, 0.3) is 0 Å². The molecule has 0 atom stereocenters. The van der Waals surface area contributed by atoms with Crippen LogP contribution in [0, 0.1) is 0 Å². The average Bonchev–Trinajstić information content (AvgIpc) is 3.14. The molecule has 1 heterocycles. The first kappa shape index (κ1) is 7.44. The Labute approximate surface area is 97.9 Å². The Kier molecular flexibility index (Phi) is 1.85. The Morgan fingerprint density at radius 2 is 1.62 bits per heavy atom. The summed E-state index contributed by atoms with van der Waals surface area (Å²) in [6.45, 7) is 0. The van der Waals surface area contributed by atoms with Crippen LogP contribution in [-0.2, 0) is 0 Å². The Hall–Kier alpha value is -1.83. The van der Waals surface area contributed by atoms with Gasteiger partial charge in [-0.2, -0.15) is 0 Å².